The molecule has 0 atom stereocenters. The molecule has 98 valence electrons. The molecule has 0 saturated carbocycles. The summed E-state index contributed by atoms with van der Waals surface area (Å²) in [6, 6.07) is 10.7. The summed E-state index contributed by atoms with van der Waals surface area (Å²) in [4.78, 5) is 11.6. The summed E-state index contributed by atoms with van der Waals surface area (Å²) in [6.45, 7) is -0.866. The van der Waals surface area contributed by atoms with E-state index in [0.717, 1.165) is 0 Å². The van der Waals surface area contributed by atoms with Crippen LogP contribution in [0.2, 0.25) is 0 Å². The first kappa shape index (κ1) is 13.2. The van der Waals surface area contributed by atoms with Gasteiger partial charge < -0.3 is 4.74 Å². The molecule has 19 heavy (non-hydrogen) atoms. The summed E-state index contributed by atoms with van der Waals surface area (Å²) in [7, 11) is 1.22. The largest absolute Gasteiger partial charge is 0.465 e. The van der Waals surface area contributed by atoms with Crippen LogP contribution in [0.1, 0.15) is 15.9 Å². The van der Waals surface area contributed by atoms with Gasteiger partial charge in [0.2, 0.25) is 0 Å². The van der Waals surface area contributed by atoms with Crippen LogP contribution < -0.4 is 0 Å². The van der Waals surface area contributed by atoms with Crippen molar-refractivity contribution in [2.24, 2.45) is 0 Å². The number of carbonyl (C=O) groups excluding carboxylic acids is 1. The summed E-state index contributed by atoms with van der Waals surface area (Å²) >= 11 is 0. The van der Waals surface area contributed by atoms with Crippen molar-refractivity contribution in [3.63, 3.8) is 0 Å². The second kappa shape index (κ2) is 5.61. The fourth-order valence-corrected chi connectivity index (χ4v) is 1.96. The van der Waals surface area contributed by atoms with E-state index >= 15 is 0 Å². The number of methoxy groups -OCH3 is 1. The fourth-order valence-electron chi connectivity index (χ4n) is 1.96. The Kier molecular flexibility index (Phi) is 3.90. The Labute approximate surface area is 109 Å². The van der Waals surface area contributed by atoms with E-state index in [1.165, 1.54) is 19.2 Å². The van der Waals surface area contributed by atoms with Gasteiger partial charge in [-0.1, -0.05) is 30.3 Å². The zero-order valence-corrected chi connectivity index (χ0v) is 10.3. The fraction of sp³-hybridized carbons (Fsp3) is 0.133. The first-order valence-corrected chi connectivity index (χ1v) is 5.70. The van der Waals surface area contributed by atoms with Gasteiger partial charge in [-0.05, 0) is 17.7 Å². The van der Waals surface area contributed by atoms with Gasteiger partial charge in [0.05, 0.1) is 12.7 Å². The Morgan fingerprint density at radius 2 is 1.79 bits per heavy atom. The van der Waals surface area contributed by atoms with Crippen LogP contribution in [-0.4, -0.2) is 13.1 Å². The number of halogens is 2. The number of hydrogen-bond donors (Lipinski definition) is 0. The Morgan fingerprint density at radius 3 is 2.42 bits per heavy atom. The molecule has 0 saturated heterocycles. The van der Waals surface area contributed by atoms with Crippen LogP contribution in [0.4, 0.5) is 8.78 Å². The number of alkyl halides is 1. The average molecular weight is 262 g/mol. The highest BCUT2D eigenvalue weighted by molar-refractivity contribution is 5.93. The highest BCUT2D eigenvalue weighted by atomic mass is 19.1. The Bertz CT molecular complexity index is 609. The van der Waals surface area contributed by atoms with Crippen LogP contribution in [0, 0.1) is 5.82 Å². The van der Waals surface area contributed by atoms with Crippen molar-refractivity contribution in [3.8, 4) is 11.1 Å². The minimum Gasteiger partial charge on any atom is -0.465 e. The minimum absolute atomic E-state index is 0.116. The summed E-state index contributed by atoms with van der Waals surface area (Å²) in [6.07, 6.45) is 0. The first-order valence-electron chi connectivity index (χ1n) is 5.70. The molecule has 0 unspecified atom stereocenters. The topological polar surface area (TPSA) is 26.3 Å². The normalized spacial score (nSPS) is 10.3. The highest BCUT2D eigenvalue weighted by Crippen LogP contribution is 2.29. The lowest BCUT2D eigenvalue weighted by molar-refractivity contribution is 0.0598. The third-order valence-electron chi connectivity index (χ3n) is 2.88. The number of carbonyl (C=O) groups is 1. The third kappa shape index (κ3) is 2.47. The molecular weight excluding hydrogens is 250 g/mol. The number of rotatable bonds is 3. The average Bonchev–Trinajstić information content (AvgIpc) is 2.46. The lowest BCUT2D eigenvalue weighted by Gasteiger charge is -2.11. The summed E-state index contributed by atoms with van der Waals surface area (Å²) < 4.78 is 31.6. The van der Waals surface area contributed by atoms with Crippen molar-refractivity contribution < 1.29 is 18.3 Å². The number of benzene rings is 2. The molecule has 4 heteroatoms. The molecule has 2 aromatic rings. The van der Waals surface area contributed by atoms with Gasteiger partial charge in [0.25, 0.3) is 0 Å². The van der Waals surface area contributed by atoms with Crippen molar-refractivity contribution in [2.75, 3.05) is 7.11 Å². The maximum atomic E-state index is 13.8. The third-order valence-corrected chi connectivity index (χ3v) is 2.88. The van der Waals surface area contributed by atoms with Crippen molar-refractivity contribution in [2.45, 2.75) is 6.67 Å². The van der Waals surface area contributed by atoms with Crippen LogP contribution in [-0.2, 0) is 11.4 Å². The van der Waals surface area contributed by atoms with Gasteiger partial charge in [-0.15, -0.1) is 0 Å². The van der Waals surface area contributed by atoms with E-state index in [0.29, 0.717) is 5.56 Å². The zero-order chi connectivity index (χ0) is 13.8. The molecule has 0 spiro atoms. The molecule has 0 N–H and O–H groups in total. The van der Waals surface area contributed by atoms with Gasteiger partial charge in [-0.25, -0.2) is 13.6 Å². The zero-order valence-electron chi connectivity index (χ0n) is 10.3. The van der Waals surface area contributed by atoms with Crippen LogP contribution in [0.15, 0.2) is 42.5 Å². The van der Waals surface area contributed by atoms with E-state index in [1.54, 1.807) is 30.3 Å². The molecule has 0 aliphatic heterocycles. The molecule has 0 bridgehead atoms. The van der Waals surface area contributed by atoms with Gasteiger partial charge in [0.15, 0.2) is 0 Å². The van der Waals surface area contributed by atoms with Gasteiger partial charge >= 0.3 is 5.97 Å². The van der Waals surface area contributed by atoms with Gasteiger partial charge in [-0.3, -0.25) is 0 Å². The van der Waals surface area contributed by atoms with E-state index in [4.69, 9.17) is 0 Å². The Balaban J connectivity index is 2.65. The second-order valence-electron chi connectivity index (χ2n) is 3.94. The minimum atomic E-state index is -0.866. The van der Waals surface area contributed by atoms with Crippen molar-refractivity contribution in [3.05, 3.63) is 59.4 Å². The first-order chi connectivity index (χ1) is 9.19. The van der Waals surface area contributed by atoms with Crippen molar-refractivity contribution in [1.29, 1.82) is 0 Å². The molecule has 2 aromatic carbocycles. The lowest BCUT2D eigenvalue weighted by atomic mass is 9.95. The molecule has 0 radical (unpaired) electrons. The molecule has 0 aromatic heterocycles. The van der Waals surface area contributed by atoms with E-state index in [2.05, 4.69) is 4.74 Å². The maximum absolute atomic E-state index is 13.8. The number of esters is 1. The van der Waals surface area contributed by atoms with E-state index in [9.17, 15) is 13.6 Å². The van der Waals surface area contributed by atoms with Crippen molar-refractivity contribution >= 4 is 5.97 Å². The maximum Gasteiger partial charge on any atom is 0.338 e. The monoisotopic (exact) mass is 262 g/mol. The molecule has 0 amide bonds. The standard InChI is InChI=1S/C15H12F2O2/c1-19-15(18)12-7-4-6-10(13(12)9-16)11-5-2-3-8-14(11)17/h2-8H,9H2,1H3. The lowest BCUT2D eigenvalue weighted by Crippen LogP contribution is -2.06. The second-order valence-corrected chi connectivity index (χ2v) is 3.94. The predicted molar refractivity (Wildman–Crippen MR) is 68.0 cm³/mol. The van der Waals surface area contributed by atoms with Crippen LogP contribution in [0.5, 0.6) is 0 Å². The smallest absolute Gasteiger partial charge is 0.338 e. The summed E-state index contributed by atoms with van der Waals surface area (Å²) in [5.74, 6) is -1.09. The summed E-state index contributed by atoms with van der Waals surface area (Å²) in [5.41, 5.74) is 0.884. The van der Waals surface area contributed by atoms with Gasteiger partial charge in [-0.2, -0.15) is 0 Å². The highest BCUT2D eigenvalue weighted by Gasteiger charge is 2.17. The SMILES string of the molecule is COC(=O)c1cccc(-c2ccccc2F)c1CF. The molecular formula is C15H12F2O2. The Morgan fingerprint density at radius 1 is 1.11 bits per heavy atom. The molecule has 2 nitrogen and oxygen atoms in total. The van der Waals surface area contributed by atoms with Crippen LogP contribution in [0.3, 0.4) is 0 Å². The molecule has 0 heterocycles. The summed E-state index contributed by atoms with van der Waals surface area (Å²) in [5, 5.41) is 0. The van der Waals surface area contributed by atoms with E-state index < -0.39 is 18.5 Å². The van der Waals surface area contributed by atoms with Gasteiger partial charge in [0, 0.05) is 11.1 Å². The van der Waals surface area contributed by atoms with Gasteiger partial charge in [0.1, 0.15) is 12.5 Å². The molecule has 2 rings (SSSR count). The van der Waals surface area contributed by atoms with Crippen LogP contribution >= 0.6 is 0 Å². The predicted octanol–water partition coefficient (Wildman–Crippen LogP) is 3.75. The number of hydrogen-bond acceptors (Lipinski definition) is 2. The Hall–Kier alpha value is -2.23. The quantitative estimate of drug-likeness (QED) is 0.787. The van der Waals surface area contributed by atoms with Crippen molar-refractivity contribution in [1.82, 2.24) is 0 Å². The molecule has 0 aliphatic carbocycles. The number of ether oxygens (including phenoxy) is 1. The van der Waals surface area contributed by atoms with E-state index in [1.807, 2.05) is 0 Å². The molecule has 0 aliphatic rings. The molecule has 0 fully saturated rings. The van der Waals surface area contributed by atoms with Crippen LogP contribution in [0.25, 0.3) is 11.1 Å². The van der Waals surface area contributed by atoms with E-state index in [-0.39, 0.29) is 16.7 Å².